The summed E-state index contributed by atoms with van der Waals surface area (Å²) in [5.74, 6) is 7.67. The highest BCUT2D eigenvalue weighted by molar-refractivity contribution is 5.66. The molecule has 1 amide bonds. The monoisotopic (exact) mass is 116 g/mol. The van der Waals surface area contributed by atoms with Gasteiger partial charge in [0.2, 0.25) is 0 Å². The molecule has 0 aromatic rings. The van der Waals surface area contributed by atoms with Crippen molar-refractivity contribution in [1.82, 2.24) is 11.2 Å². The van der Waals surface area contributed by atoms with Crippen LogP contribution in [0.25, 0.3) is 0 Å². The smallest absolute Gasteiger partial charge is 0.318 e. The first-order valence-electron chi connectivity index (χ1n) is 2.28. The molecule has 0 aliphatic rings. The van der Waals surface area contributed by atoms with Crippen molar-refractivity contribution in [2.45, 2.75) is 19.9 Å². The summed E-state index contributed by atoms with van der Waals surface area (Å²) < 4.78 is 0. The summed E-state index contributed by atoms with van der Waals surface area (Å²) >= 11 is 0. The van der Waals surface area contributed by atoms with Crippen molar-refractivity contribution in [3.63, 3.8) is 0 Å². The van der Waals surface area contributed by atoms with Gasteiger partial charge in [-0.3, -0.25) is 0 Å². The Morgan fingerprint density at radius 3 is 2.38 bits per heavy atom. The maximum Gasteiger partial charge on any atom is 0.429 e. The molecule has 1 N–H and O–H groups in total. The average Bonchev–Trinajstić information content (AvgIpc) is 1.65. The third-order valence-electron chi connectivity index (χ3n) is 0.489. The van der Waals surface area contributed by atoms with E-state index in [9.17, 15) is 4.79 Å². The molecule has 8 heavy (non-hydrogen) atoms. The summed E-state index contributed by atoms with van der Waals surface area (Å²) in [6.07, 6.45) is -0.819. The predicted molar refractivity (Wildman–Crippen MR) is 26.9 cm³/mol. The molecule has 0 aromatic carbocycles. The molecule has 0 fully saturated rings. The molecule has 0 aliphatic heterocycles. The lowest BCUT2D eigenvalue weighted by molar-refractivity contribution is 0.136. The van der Waals surface area contributed by atoms with E-state index in [1.807, 2.05) is 0 Å². The predicted octanol–water partition coefficient (Wildman–Crippen LogP) is 0.105. The molecule has 2 radical (unpaired) electrons. The number of nitrogens with one attached hydrogen (secondary N) is 1. The van der Waals surface area contributed by atoms with E-state index in [-0.39, 0.29) is 6.04 Å². The lowest BCUT2D eigenvalue weighted by Gasteiger charge is -2.02. The molecule has 4 heteroatoms. The number of rotatable bonds is 1. The highest BCUT2D eigenvalue weighted by atomic mass is 16.7. The molecule has 0 aromatic heterocycles. The fraction of sp³-hybridized carbons (Fsp3) is 0.750. The Morgan fingerprint density at radius 1 is 1.75 bits per heavy atom. The maximum absolute atomic E-state index is 10.0. The normalized spacial score (nSPS) is 9.00. The number of hydrogen-bond donors (Lipinski definition) is 1. The Balaban J connectivity index is 3.25. The standard InChI is InChI=1S/C4H8N2O2/c1-3(2)6-4(7)8-5/h3H,1-2H3,(H,6,7). The van der Waals surface area contributed by atoms with Crippen LogP contribution in [0.5, 0.6) is 0 Å². The highest BCUT2D eigenvalue weighted by Gasteiger charge is 2.00. The van der Waals surface area contributed by atoms with Crippen molar-refractivity contribution in [2.24, 2.45) is 0 Å². The minimum Gasteiger partial charge on any atom is -0.318 e. The van der Waals surface area contributed by atoms with E-state index in [1.165, 1.54) is 0 Å². The lowest BCUT2D eigenvalue weighted by Crippen LogP contribution is -2.30. The van der Waals surface area contributed by atoms with Crippen LogP contribution in [0.2, 0.25) is 0 Å². The molecule has 0 aliphatic carbocycles. The van der Waals surface area contributed by atoms with Crippen LogP contribution in [0.15, 0.2) is 0 Å². The molecule has 0 heterocycles. The molecule has 0 bridgehead atoms. The van der Waals surface area contributed by atoms with E-state index in [0.29, 0.717) is 0 Å². The van der Waals surface area contributed by atoms with Gasteiger partial charge in [0.25, 0.3) is 0 Å². The topological polar surface area (TPSA) is 60.6 Å². The van der Waals surface area contributed by atoms with E-state index in [4.69, 9.17) is 5.90 Å². The van der Waals surface area contributed by atoms with Crippen LogP contribution in [0.3, 0.4) is 0 Å². The van der Waals surface area contributed by atoms with E-state index in [0.717, 1.165) is 0 Å². The Labute approximate surface area is 48.0 Å². The van der Waals surface area contributed by atoms with Crippen molar-refractivity contribution in [3.8, 4) is 0 Å². The van der Waals surface area contributed by atoms with Gasteiger partial charge in [-0.1, -0.05) is 0 Å². The summed E-state index contributed by atoms with van der Waals surface area (Å²) in [6.45, 7) is 3.52. The Bertz CT molecular complexity index is 82.1. The first-order chi connectivity index (χ1) is 3.66. The molecule has 0 rings (SSSR count). The van der Waals surface area contributed by atoms with Crippen LogP contribution in [0, 0.1) is 0 Å². The molecule has 0 saturated carbocycles. The second kappa shape index (κ2) is 3.26. The second-order valence-electron chi connectivity index (χ2n) is 1.68. The van der Waals surface area contributed by atoms with Crippen molar-refractivity contribution in [2.75, 3.05) is 0 Å². The number of amides is 1. The van der Waals surface area contributed by atoms with Crippen molar-refractivity contribution in [1.29, 1.82) is 0 Å². The molecule has 0 spiro atoms. The number of carbonyl (C=O) groups excluding carboxylic acids is 1. The fourth-order valence-electron chi connectivity index (χ4n) is 0.262. The fourth-order valence-corrected chi connectivity index (χ4v) is 0.262. The number of hydrogen-bond acceptors (Lipinski definition) is 2. The lowest BCUT2D eigenvalue weighted by atomic mass is 10.4. The number of carbonyl (C=O) groups is 1. The molecule has 46 valence electrons. The van der Waals surface area contributed by atoms with Crippen LogP contribution >= 0.6 is 0 Å². The summed E-state index contributed by atoms with van der Waals surface area (Å²) in [5, 5.41) is 2.28. The van der Waals surface area contributed by atoms with Crippen LogP contribution in [0.1, 0.15) is 13.8 Å². The Kier molecular flexibility index (Phi) is 2.95. The minimum atomic E-state index is -0.819. The SMILES string of the molecule is CC(C)NC(=O)O[N]. The molecule has 0 atom stereocenters. The third-order valence-corrected chi connectivity index (χ3v) is 0.489. The van der Waals surface area contributed by atoms with Gasteiger partial charge in [-0.2, -0.15) is 0 Å². The van der Waals surface area contributed by atoms with Gasteiger partial charge in [0.05, 0.1) is 0 Å². The van der Waals surface area contributed by atoms with Crippen molar-refractivity contribution < 1.29 is 9.63 Å². The molecular weight excluding hydrogens is 108 g/mol. The Morgan fingerprint density at radius 2 is 2.25 bits per heavy atom. The minimum absolute atomic E-state index is 0.00495. The largest absolute Gasteiger partial charge is 0.429 e. The zero-order chi connectivity index (χ0) is 6.57. The molecular formula is C4H8N2O2. The zero-order valence-corrected chi connectivity index (χ0v) is 4.84. The Hall–Kier alpha value is -0.770. The van der Waals surface area contributed by atoms with E-state index in [1.54, 1.807) is 13.8 Å². The van der Waals surface area contributed by atoms with Gasteiger partial charge in [0, 0.05) is 6.04 Å². The van der Waals surface area contributed by atoms with Gasteiger partial charge in [-0.15, -0.1) is 0 Å². The maximum atomic E-state index is 10.0. The van der Waals surface area contributed by atoms with E-state index < -0.39 is 6.09 Å². The molecule has 0 saturated heterocycles. The average molecular weight is 116 g/mol. The van der Waals surface area contributed by atoms with Gasteiger partial charge < -0.3 is 10.2 Å². The van der Waals surface area contributed by atoms with Gasteiger partial charge in [-0.25, -0.2) is 4.79 Å². The molecule has 4 nitrogen and oxygen atoms in total. The number of nitrogens with zero attached hydrogens (tertiary/aromatic N) is 1. The van der Waals surface area contributed by atoms with Crippen LogP contribution in [-0.2, 0) is 4.84 Å². The van der Waals surface area contributed by atoms with Gasteiger partial charge in [-0.05, 0) is 13.8 Å². The van der Waals surface area contributed by atoms with Crippen LogP contribution in [-0.4, -0.2) is 12.1 Å². The van der Waals surface area contributed by atoms with Crippen LogP contribution in [0.4, 0.5) is 4.79 Å². The second-order valence-corrected chi connectivity index (χ2v) is 1.68. The van der Waals surface area contributed by atoms with Gasteiger partial charge >= 0.3 is 6.09 Å². The summed E-state index contributed by atoms with van der Waals surface area (Å²) in [7, 11) is 0. The van der Waals surface area contributed by atoms with Gasteiger partial charge in [0.1, 0.15) is 5.90 Å². The summed E-state index contributed by atoms with van der Waals surface area (Å²) in [5.41, 5.74) is 0. The van der Waals surface area contributed by atoms with E-state index in [2.05, 4.69) is 10.2 Å². The third kappa shape index (κ3) is 3.42. The van der Waals surface area contributed by atoms with Crippen molar-refractivity contribution >= 4 is 6.09 Å². The summed E-state index contributed by atoms with van der Waals surface area (Å²) in [6, 6.07) is -0.00495. The van der Waals surface area contributed by atoms with Gasteiger partial charge in [0.15, 0.2) is 0 Å². The van der Waals surface area contributed by atoms with Crippen molar-refractivity contribution in [3.05, 3.63) is 0 Å². The van der Waals surface area contributed by atoms with E-state index >= 15 is 0 Å². The first-order valence-corrected chi connectivity index (χ1v) is 2.28. The highest BCUT2D eigenvalue weighted by Crippen LogP contribution is 1.76. The quantitative estimate of drug-likeness (QED) is 0.494. The summed E-state index contributed by atoms with van der Waals surface area (Å²) in [4.78, 5) is 13.3. The molecule has 0 unspecified atom stereocenters. The first kappa shape index (κ1) is 7.23. The van der Waals surface area contributed by atoms with Crippen LogP contribution < -0.4 is 11.2 Å². The zero-order valence-electron chi connectivity index (χ0n) is 4.84.